The summed E-state index contributed by atoms with van der Waals surface area (Å²) in [7, 11) is 0. The van der Waals surface area contributed by atoms with E-state index in [2.05, 4.69) is 90.2 Å². The molecule has 0 saturated carbocycles. The van der Waals surface area contributed by atoms with E-state index in [-0.39, 0.29) is 5.41 Å². The summed E-state index contributed by atoms with van der Waals surface area (Å²) in [5, 5.41) is 8.78. The number of allylic oxidation sites excluding steroid dienone is 1. The van der Waals surface area contributed by atoms with Gasteiger partial charge in [-0.05, 0) is 26.0 Å². The number of nitrogens with zero attached hydrogens (tertiary/aromatic N) is 2. The van der Waals surface area contributed by atoms with Gasteiger partial charge in [0.25, 0.3) is 0 Å². The van der Waals surface area contributed by atoms with Crippen molar-refractivity contribution in [3.05, 3.63) is 65.9 Å². The lowest BCUT2D eigenvalue weighted by molar-refractivity contribution is -0.438. The zero-order valence-electron chi connectivity index (χ0n) is 15.8. The molecule has 1 aromatic heterocycles. The number of hydrogen-bond acceptors (Lipinski definition) is 1. The second-order valence-corrected chi connectivity index (χ2v) is 7.52. The summed E-state index contributed by atoms with van der Waals surface area (Å²) < 4.78 is 2.49. The zero-order valence-corrected chi connectivity index (χ0v) is 15.8. The van der Waals surface area contributed by atoms with Gasteiger partial charge in [-0.15, -0.1) is 0 Å². The Kier molecular flexibility index (Phi) is 4.23. The Morgan fingerprint density at radius 2 is 1.81 bits per heavy atom. The molecule has 132 valence electrons. The van der Waals surface area contributed by atoms with Crippen LogP contribution in [0.15, 0.2) is 54.6 Å². The number of rotatable bonds is 5. The molecule has 0 saturated heterocycles. The largest absolute Gasteiger partial charge is 0.277 e. The van der Waals surface area contributed by atoms with Crippen molar-refractivity contribution >= 4 is 28.4 Å². The van der Waals surface area contributed by atoms with E-state index in [1.165, 1.54) is 29.8 Å². The molecule has 4 rings (SSSR count). The van der Waals surface area contributed by atoms with Crippen LogP contribution < -0.4 is 0 Å². The molecule has 0 unspecified atom stereocenters. The van der Waals surface area contributed by atoms with Gasteiger partial charge in [-0.25, -0.2) is 0 Å². The second-order valence-electron chi connectivity index (χ2n) is 7.52. The molecule has 3 nitrogen and oxygen atoms in total. The van der Waals surface area contributed by atoms with Crippen LogP contribution in [0.25, 0.3) is 17.0 Å². The van der Waals surface area contributed by atoms with Crippen molar-refractivity contribution in [3.8, 4) is 0 Å². The quantitative estimate of drug-likeness (QED) is 0.613. The fourth-order valence-electron chi connectivity index (χ4n) is 3.97. The third-order valence-electron chi connectivity index (χ3n) is 5.43. The van der Waals surface area contributed by atoms with Crippen molar-refractivity contribution in [2.45, 2.75) is 39.0 Å². The summed E-state index contributed by atoms with van der Waals surface area (Å²) in [6.07, 6.45) is 6.80. The Morgan fingerprint density at radius 1 is 1.04 bits per heavy atom. The maximum absolute atomic E-state index is 4.50. The maximum atomic E-state index is 4.50. The third-order valence-corrected chi connectivity index (χ3v) is 5.43. The second kappa shape index (κ2) is 6.56. The van der Waals surface area contributed by atoms with Crippen LogP contribution in [0.5, 0.6) is 0 Å². The lowest BCUT2D eigenvalue weighted by atomic mass is 9.81. The molecular weight excluding hydrogens is 318 g/mol. The van der Waals surface area contributed by atoms with Crippen LogP contribution >= 0.6 is 0 Å². The molecule has 1 aliphatic heterocycles. The Balaban J connectivity index is 1.79. The molecule has 0 aliphatic carbocycles. The molecule has 0 radical (unpaired) electrons. The minimum absolute atomic E-state index is 0.00700. The van der Waals surface area contributed by atoms with Gasteiger partial charge in [0.15, 0.2) is 5.71 Å². The number of fused-ring (bicyclic) bond motifs is 2. The van der Waals surface area contributed by atoms with Gasteiger partial charge in [-0.2, -0.15) is 9.67 Å². The van der Waals surface area contributed by atoms with Gasteiger partial charge in [0.2, 0.25) is 5.69 Å². The summed E-state index contributed by atoms with van der Waals surface area (Å²) in [4.78, 5) is 0. The van der Waals surface area contributed by atoms with Crippen molar-refractivity contribution < 1.29 is 4.58 Å². The predicted molar refractivity (Wildman–Crippen MR) is 109 cm³/mol. The molecule has 1 aliphatic rings. The van der Waals surface area contributed by atoms with Crippen LogP contribution in [-0.4, -0.2) is 27.0 Å². The lowest BCUT2D eigenvalue weighted by Crippen LogP contribution is -2.27. The summed E-state index contributed by atoms with van der Waals surface area (Å²) in [5.74, 6) is 0. The predicted octanol–water partition coefficient (Wildman–Crippen LogP) is 5.45. The van der Waals surface area contributed by atoms with Gasteiger partial charge in [-0.3, -0.25) is 5.10 Å². The molecule has 1 N–H and O–H groups in total. The molecule has 26 heavy (non-hydrogen) atoms. The highest BCUT2D eigenvalue weighted by Crippen LogP contribution is 2.40. The standard InChI is InChI=1S/C23H25N3/c1-4-5-16-26-21-13-9-7-11-18(21)23(2,3)22(26)15-14-20-17-10-6-8-12-19(17)24-25-20/h6-15H,4-5,16H2,1-3H3/p+1. The number of benzene rings is 2. The molecule has 0 bridgehead atoms. The maximum Gasteiger partial charge on any atom is 0.209 e. The van der Waals surface area contributed by atoms with E-state index in [0.717, 1.165) is 23.1 Å². The molecule has 2 heterocycles. The van der Waals surface area contributed by atoms with Crippen molar-refractivity contribution in [2.75, 3.05) is 6.54 Å². The number of aromatic nitrogens is 2. The Labute approximate surface area is 155 Å². The Hall–Kier alpha value is -2.68. The average molecular weight is 344 g/mol. The molecule has 3 heteroatoms. The smallest absolute Gasteiger partial charge is 0.209 e. The van der Waals surface area contributed by atoms with Crippen LogP contribution in [0.3, 0.4) is 0 Å². The number of H-pyrrole nitrogens is 1. The molecule has 0 fully saturated rings. The van der Waals surface area contributed by atoms with Crippen LogP contribution in [-0.2, 0) is 5.41 Å². The van der Waals surface area contributed by atoms with Gasteiger partial charge in [0.05, 0.1) is 16.6 Å². The van der Waals surface area contributed by atoms with Crippen molar-refractivity contribution in [1.29, 1.82) is 0 Å². The highest BCUT2D eigenvalue weighted by Gasteiger charge is 2.43. The number of nitrogens with one attached hydrogen (secondary N) is 1. The number of para-hydroxylation sites is 2. The summed E-state index contributed by atoms with van der Waals surface area (Å²) >= 11 is 0. The van der Waals surface area contributed by atoms with E-state index in [1.54, 1.807) is 0 Å². The van der Waals surface area contributed by atoms with E-state index < -0.39 is 0 Å². The SMILES string of the molecule is CCCC[N+]1=C(/C=C/c2n[nH]c3ccccc23)C(C)(C)c2ccccc21. The average Bonchev–Trinajstić information content (AvgIpc) is 3.16. The highest BCUT2D eigenvalue weighted by atomic mass is 15.1. The fourth-order valence-corrected chi connectivity index (χ4v) is 3.97. The normalized spacial score (nSPS) is 16.0. The van der Waals surface area contributed by atoms with Crippen LogP contribution in [0.2, 0.25) is 0 Å². The number of unbranched alkanes of at least 4 members (excludes halogenated alkanes) is 1. The first-order chi connectivity index (χ1) is 12.6. The molecule has 3 aromatic rings. The third kappa shape index (κ3) is 2.68. The van der Waals surface area contributed by atoms with Crippen LogP contribution in [0.1, 0.15) is 44.9 Å². The van der Waals surface area contributed by atoms with Crippen LogP contribution in [0.4, 0.5) is 5.69 Å². The molecule has 0 atom stereocenters. The minimum Gasteiger partial charge on any atom is -0.277 e. The fraction of sp³-hybridized carbons (Fsp3) is 0.304. The van der Waals surface area contributed by atoms with Gasteiger partial charge in [0, 0.05) is 29.5 Å². The first-order valence-electron chi connectivity index (χ1n) is 9.48. The first kappa shape index (κ1) is 16.8. The van der Waals surface area contributed by atoms with Gasteiger partial charge >= 0.3 is 0 Å². The molecule has 0 spiro atoms. The monoisotopic (exact) mass is 344 g/mol. The Bertz CT molecular complexity index is 1000. The van der Waals surface area contributed by atoms with E-state index in [1.807, 2.05) is 6.07 Å². The Morgan fingerprint density at radius 3 is 2.65 bits per heavy atom. The topological polar surface area (TPSA) is 31.7 Å². The van der Waals surface area contributed by atoms with Gasteiger partial charge < -0.3 is 0 Å². The van der Waals surface area contributed by atoms with Gasteiger partial charge in [0.1, 0.15) is 6.54 Å². The zero-order chi connectivity index (χ0) is 18.1. The number of aromatic amines is 1. The van der Waals surface area contributed by atoms with E-state index in [9.17, 15) is 0 Å². The van der Waals surface area contributed by atoms with Crippen molar-refractivity contribution in [3.63, 3.8) is 0 Å². The molecule has 2 aromatic carbocycles. The summed E-state index contributed by atoms with van der Waals surface area (Å²) in [6.45, 7) is 7.94. The lowest BCUT2D eigenvalue weighted by Gasteiger charge is -2.15. The molecular formula is C23H26N3+. The van der Waals surface area contributed by atoms with Gasteiger partial charge in [-0.1, -0.05) is 49.7 Å². The van der Waals surface area contributed by atoms with Crippen molar-refractivity contribution in [1.82, 2.24) is 10.2 Å². The first-order valence-corrected chi connectivity index (χ1v) is 9.48. The molecule has 0 amide bonds. The summed E-state index contributed by atoms with van der Waals surface area (Å²) in [5.41, 5.74) is 6.16. The van der Waals surface area contributed by atoms with E-state index in [4.69, 9.17) is 0 Å². The number of hydrogen-bond donors (Lipinski definition) is 1. The van der Waals surface area contributed by atoms with Crippen LogP contribution in [0, 0.1) is 0 Å². The highest BCUT2D eigenvalue weighted by molar-refractivity contribution is 6.06. The van der Waals surface area contributed by atoms with E-state index in [0.29, 0.717) is 0 Å². The minimum atomic E-state index is -0.00700. The summed E-state index contributed by atoms with van der Waals surface area (Å²) in [6, 6.07) is 17.1. The van der Waals surface area contributed by atoms with Crippen molar-refractivity contribution in [2.24, 2.45) is 0 Å². The van der Waals surface area contributed by atoms with E-state index >= 15 is 0 Å².